The van der Waals surface area contributed by atoms with Crippen molar-refractivity contribution in [1.82, 2.24) is 0 Å². The Kier molecular flexibility index (Phi) is 1.53. The molecule has 0 saturated heterocycles. The molecule has 0 amide bonds. The second kappa shape index (κ2) is 2.13. The van der Waals surface area contributed by atoms with Gasteiger partial charge >= 0.3 is 0 Å². The number of hydrogen-bond acceptors (Lipinski definition) is 0. The number of rotatable bonds is 0. The molecule has 2 saturated carbocycles. The van der Waals surface area contributed by atoms with Gasteiger partial charge in [-0.1, -0.05) is 15.9 Å². The maximum atomic E-state index is 6.07. The Labute approximate surface area is 69.1 Å². The van der Waals surface area contributed by atoms with Gasteiger partial charge in [-0.05, 0) is 31.1 Å². The van der Waals surface area contributed by atoms with Crippen molar-refractivity contribution in [2.45, 2.75) is 29.5 Å². The SMILES string of the molecule is Cl[C@H]1C[C@H]2CC[C@H]1[C@H]2Br. The highest BCUT2D eigenvalue weighted by atomic mass is 79.9. The van der Waals surface area contributed by atoms with E-state index < -0.39 is 0 Å². The Morgan fingerprint density at radius 2 is 2.11 bits per heavy atom. The zero-order valence-corrected chi connectivity index (χ0v) is 7.53. The molecule has 0 spiro atoms. The molecular formula is C7H10BrCl. The fraction of sp³-hybridized carbons (Fsp3) is 1.00. The molecule has 0 aromatic carbocycles. The van der Waals surface area contributed by atoms with Gasteiger partial charge in [0, 0.05) is 10.2 Å². The van der Waals surface area contributed by atoms with Crippen LogP contribution >= 0.6 is 27.5 Å². The van der Waals surface area contributed by atoms with Crippen LogP contribution in [0, 0.1) is 11.8 Å². The summed E-state index contributed by atoms with van der Waals surface area (Å²) in [7, 11) is 0. The maximum absolute atomic E-state index is 6.07. The lowest BCUT2D eigenvalue weighted by atomic mass is 10.0. The van der Waals surface area contributed by atoms with Crippen LogP contribution in [0.5, 0.6) is 0 Å². The van der Waals surface area contributed by atoms with Crippen LogP contribution in [-0.2, 0) is 0 Å². The standard InChI is InChI=1S/C7H10BrCl/c8-7-4-1-2-5(7)6(9)3-4/h4-7H,1-3H2/t4-,5-,6+,7+/m1/s1. The molecule has 52 valence electrons. The summed E-state index contributed by atoms with van der Waals surface area (Å²) in [5, 5.41) is 0.480. The fourth-order valence-electron chi connectivity index (χ4n) is 2.17. The molecule has 2 aliphatic carbocycles. The van der Waals surface area contributed by atoms with E-state index in [0.29, 0.717) is 5.38 Å². The second-order valence-corrected chi connectivity index (χ2v) is 4.82. The molecule has 0 aliphatic heterocycles. The zero-order valence-electron chi connectivity index (χ0n) is 5.19. The van der Waals surface area contributed by atoms with Crippen molar-refractivity contribution in [3.8, 4) is 0 Å². The summed E-state index contributed by atoms with van der Waals surface area (Å²) >= 11 is 9.76. The van der Waals surface area contributed by atoms with Crippen LogP contribution < -0.4 is 0 Å². The summed E-state index contributed by atoms with van der Waals surface area (Å²) in [6.07, 6.45) is 4.01. The van der Waals surface area contributed by atoms with Crippen molar-refractivity contribution in [1.29, 1.82) is 0 Å². The van der Waals surface area contributed by atoms with Crippen molar-refractivity contribution >= 4 is 27.5 Å². The average Bonchev–Trinajstić information content (AvgIpc) is 2.25. The fourth-order valence-corrected chi connectivity index (χ4v) is 3.97. The van der Waals surface area contributed by atoms with Gasteiger partial charge < -0.3 is 0 Å². The molecule has 0 radical (unpaired) electrons. The first-order chi connectivity index (χ1) is 4.29. The lowest BCUT2D eigenvalue weighted by molar-refractivity contribution is 0.487. The first kappa shape index (κ1) is 6.48. The predicted molar refractivity (Wildman–Crippen MR) is 43.2 cm³/mol. The Bertz CT molecular complexity index is 126. The van der Waals surface area contributed by atoms with Crippen LogP contribution in [0.15, 0.2) is 0 Å². The van der Waals surface area contributed by atoms with Crippen molar-refractivity contribution < 1.29 is 0 Å². The van der Waals surface area contributed by atoms with Gasteiger partial charge in [0.25, 0.3) is 0 Å². The smallest absolute Gasteiger partial charge is 0.0378 e. The largest absolute Gasteiger partial charge is 0.123 e. The molecule has 2 fully saturated rings. The summed E-state index contributed by atoms with van der Waals surface area (Å²) in [4.78, 5) is 0.750. The molecule has 0 heterocycles. The van der Waals surface area contributed by atoms with E-state index in [0.717, 1.165) is 16.7 Å². The lowest BCUT2D eigenvalue weighted by Crippen LogP contribution is -2.10. The summed E-state index contributed by atoms with van der Waals surface area (Å²) in [5.74, 6) is 1.69. The van der Waals surface area contributed by atoms with E-state index in [2.05, 4.69) is 15.9 Å². The zero-order chi connectivity index (χ0) is 6.43. The van der Waals surface area contributed by atoms with E-state index in [1.807, 2.05) is 0 Å². The number of alkyl halides is 2. The molecule has 4 atom stereocenters. The van der Waals surface area contributed by atoms with Gasteiger partial charge in [0.15, 0.2) is 0 Å². The highest BCUT2D eigenvalue weighted by Crippen LogP contribution is 2.50. The van der Waals surface area contributed by atoms with Crippen LogP contribution in [-0.4, -0.2) is 10.2 Å². The molecule has 2 rings (SSSR count). The summed E-state index contributed by atoms with van der Waals surface area (Å²) in [6.45, 7) is 0. The molecule has 2 aliphatic rings. The Morgan fingerprint density at radius 3 is 2.33 bits per heavy atom. The van der Waals surface area contributed by atoms with Gasteiger partial charge in [0.2, 0.25) is 0 Å². The average molecular weight is 210 g/mol. The minimum Gasteiger partial charge on any atom is -0.123 e. The predicted octanol–water partition coefficient (Wildman–Crippen LogP) is 2.79. The lowest BCUT2D eigenvalue weighted by Gasteiger charge is -2.13. The highest BCUT2D eigenvalue weighted by molar-refractivity contribution is 9.09. The first-order valence-corrected chi connectivity index (χ1v) is 4.92. The van der Waals surface area contributed by atoms with Crippen molar-refractivity contribution in [3.05, 3.63) is 0 Å². The Balaban J connectivity index is 2.16. The number of fused-ring (bicyclic) bond motifs is 2. The molecule has 2 heteroatoms. The number of hydrogen-bond donors (Lipinski definition) is 0. The molecule has 0 nitrogen and oxygen atoms in total. The van der Waals surface area contributed by atoms with E-state index in [9.17, 15) is 0 Å². The summed E-state index contributed by atoms with van der Waals surface area (Å²) < 4.78 is 0. The quantitative estimate of drug-likeness (QED) is 0.538. The first-order valence-electron chi connectivity index (χ1n) is 3.57. The van der Waals surface area contributed by atoms with Crippen LogP contribution in [0.1, 0.15) is 19.3 Å². The Morgan fingerprint density at radius 1 is 1.33 bits per heavy atom. The minimum atomic E-state index is 0.480. The summed E-state index contributed by atoms with van der Waals surface area (Å²) in [6, 6.07) is 0. The van der Waals surface area contributed by atoms with Gasteiger partial charge in [-0.25, -0.2) is 0 Å². The van der Waals surface area contributed by atoms with Crippen LogP contribution in [0.3, 0.4) is 0 Å². The molecular weight excluding hydrogens is 199 g/mol. The van der Waals surface area contributed by atoms with Crippen LogP contribution in [0.4, 0.5) is 0 Å². The third-order valence-electron chi connectivity index (χ3n) is 2.72. The van der Waals surface area contributed by atoms with Gasteiger partial charge in [-0.3, -0.25) is 0 Å². The highest BCUT2D eigenvalue weighted by Gasteiger charge is 2.45. The Hall–Kier alpha value is 0.770. The van der Waals surface area contributed by atoms with Crippen LogP contribution in [0.2, 0.25) is 0 Å². The van der Waals surface area contributed by atoms with Gasteiger partial charge in [0.1, 0.15) is 0 Å². The molecule has 0 unspecified atom stereocenters. The molecule has 9 heavy (non-hydrogen) atoms. The van der Waals surface area contributed by atoms with Crippen molar-refractivity contribution in [3.63, 3.8) is 0 Å². The third-order valence-corrected chi connectivity index (χ3v) is 4.65. The second-order valence-electron chi connectivity index (χ2n) is 3.20. The van der Waals surface area contributed by atoms with E-state index in [4.69, 9.17) is 11.6 Å². The monoisotopic (exact) mass is 208 g/mol. The topological polar surface area (TPSA) is 0 Å². The van der Waals surface area contributed by atoms with E-state index in [-0.39, 0.29) is 0 Å². The molecule has 0 N–H and O–H groups in total. The molecule has 0 aromatic heterocycles. The van der Waals surface area contributed by atoms with E-state index in [1.54, 1.807) is 0 Å². The normalized spacial score (nSPS) is 56.7. The van der Waals surface area contributed by atoms with Crippen molar-refractivity contribution in [2.24, 2.45) is 11.8 Å². The maximum Gasteiger partial charge on any atom is 0.0378 e. The number of halogens is 2. The van der Waals surface area contributed by atoms with Gasteiger partial charge in [-0.15, -0.1) is 11.6 Å². The van der Waals surface area contributed by atoms with Gasteiger partial charge in [0.05, 0.1) is 0 Å². The van der Waals surface area contributed by atoms with Crippen LogP contribution in [0.25, 0.3) is 0 Å². The molecule has 2 bridgehead atoms. The summed E-state index contributed by atoms with van der Waals surface area (Å²) in [5.41, 5.74) is 0. The van der Waals surface area contributed by atoms with Gasteiger partial charge in [-0.2, -0.15) is 0 Å². The minimum absolute atomic E-state index is 0.480. The molecule has 0 aromatic rings. The van der Waals surface area contributed by atoms with E-state index >= 15 is 0 Å². The third kappa shape index (κ3) is 0.848. The van der Waals surface area contributed by atoms with E-state index in [1.165, 1.54) is 19.3 Å². The van der Waals surface area contributed by atoms with Crippen molar-refractivity contribution in [2.75, 3.05) is 0 Å².